The summed E-state index contributed by atoms with van der Waals surface area (Å²) >= 11 is 0. The highest BCUT2D eigenvalue weighted by atomic mass is 32.2. The van der Waals surface area contributed by atoms with Crippen molar-refractivity contribution in [3.8, 4) is 0 Å². The summed E-state index contributed by atoms with van der Waals surface area (Å²) in [7, 11) is -3.87. The largest absolute Gasteiger partial charge is 0.279 e. The van der Waals surface area contributed by atoms with Gasteiger partial charge in [0.25, 0.3) is 15.7 Å². The van der Waals surface area contributed by atoms with E-state index in [1.165, 1.54) is 18.2 Å². The van der Waals surface area contributed by atoms with E-state index in [0.29, 0.717) is 5.69 Å². The Kier molecular flexibility index (Phi) is 4.46. The standard InChI is InChI=1S/C15H16N2O4S/c1-3-12-8-7-11(2)15(9-12)16-22(20,21)14-6-4-5-13(10-14)17(18)19/h4-10,16H,3H2,1-2H3. The molecule has 0 amide bonds. The van der Waals surface area contributed by atoms with Crippen molar-refractivity contribution < 1.29 is 13.3 Å². The minimum Gasteiger partial charge on any atom is -0.279 e. The number of nitrogens with one attached hydrogen (secondary N) is 1. The highest BCUT2D eigenvalue weighted by Crippen LogP contribution is 2.23. The lowest BCUT2D eigenvalue weighted by Gasteiger charge is -2.12. The summed E-state index contributed by atoms with van der Waals surface area (Å²) < 4.78 is 27.3. The van der Waals surface area contributed by atoms with Gasteiger partial charge in [0.1, 0.15) is 0 Å². The maximum absolute atomic E-state index is 12.4. The van der Waals surface area contributed by atoms with Gasteiger partial charge in [-0.15, -0.1) is 0 Å². The van der Waals surface area contributed by atoms with Crippen LogP contribution in [-0.4, -0.2) is 13.3 Å². The van der Waals surface area contributed by atoms with Gasteiger partial charge in [-0.05, 0) is 36.6 Å². The molecule has 0 atom stereocenters. The Morgan fingerprint density at radius 3 is 2.55 bits per heavy atom. The van der Waals surface area contributed by atoms with E-state index in [0.717, 1.165) is 23.6 Å². The molecule has 0 unspecified atom stereocenters. The monoisotopic (exact) mass is 320 g/mol. The molecule has 2 rings (SSSR count). The summed E-state index contributed by atoms with van der Waals surface area (Å²) in [4.78, 5) is 10.0. The molecular formula is C15H16N2O4S. The molecule has 0 spiro atoms. The van der Waals surface area contributed by atoms with Crippen molar-refractivity contribution in [3.63, 3.8) is 0 Å². The van der Waals surface area contributed by atoms with Gasteiger partial charge >= 0.3 is 0 Å². The van der Waals surface area contributed by atoms with Crippen molar-refractivity contribution in [2.24, 2.45) is 0 Å². The highest BCUT2D eigenvalue weighted by Gasteiger charge is 2.18. The molecule has 6 nitrogen and oxygen atoms in total. The molecule has 0 aromatic heterocycles. The number of aryl methyl sites for hydroxylation is 2. The second-order valence-corrected chi connectivity index (χ2v) is 6.55. The number of hydrogen-bond acceptors (Lipinski definition) is 4. The molecule has 116 valence electrons. The topological polar surface area (TPSA) is 89.3 Å². The molecule has 22 heavy (non-hydrogen) atoms. The number of benzene rings is 2. The number of nitro benzene ring substituents is 1. The zero-order valence-corrected chi connectivity index (χ0v) is 13.1. The first-order valence-corrected chi connectivity index (χ1v) is 8.18. The van der Waals surface area contributed by atoms with E-state index in [1.807, 2.05) is 19.1 Å². The third-order valence-electron chi connectivity index (χ3n) is 3.29. The lowest BCUT2D eigenvalue weighted by molar-refractivity contribution is -0.385. The summed E-state index contributed by atoms with van der Waals surface area (Å²) in [5.41, 5.74) is 2.00. The Hall–Kier alpha value is -2.41. The molecule has 0 heterocycles. The molecular weight excluding hydrogens is 304 g/mol. The van der Waals surface area contributed by atoms with Crippen molar-refractivity contribution in [3.05, 3.63) is 63.7 Å². The SMILES string of the molecule is CCc1ccc(C)c(NS(=O)(=O)c2cccc([N+](=O)[O-])c2)c1. The van der Waals surface area contributed by atoms with E-state index < -0.39 is 14.9 Å². The zero-order valence-electron chi connectivity index (χ0n) is 12.2. The lowest BCUT2D eigenvalue weighted by Crippen LogP contribution is -2.14. The minimum atomic E-state index is -3.87. The van der Waals surface area contributed by atoms with Gasteiger partial charge in [0.2, 0.25) is 0 Å². The summed E-state index contributed by atoms with van der Waals surface area (Å²) in [5.74, 6) is 0. The smallest absolute Gasteiger partial charge is 0.270 e. The Labute approximate surface area is 129 Å². The highest BCUT2D eigenvalue weighted by molar-refractivity contribution is 7.92. The second kappa shape index (κ2) is 6.15. The van der Waals surface area contributed by atoms with Gasteiger partial charge in [0.15, 0.2) is 0 Å². The molecule has 0 fully saturated rings. The third-order valence-corrected chi connectivity index (χ3v) is 4.66. The third kappa shape index (κ3) is 3.43. The summed E-state index contributed by atoms with van der Waals surface area (Å²) in [5, 5.41) is 10.8. The van der Waals surface area contributed by atoms with Crippen molar-refractivity contribution >= 4 is 21.4 Å². The quantitative estimate of drug-likeness (QED) is 0.676. The van der Waals surface area contributed by atoms with Crippen LogP contribution in [0.25, 0.3) is 0 Å². The van der Waals surface area contributed by atoms with Crippen LogP contribution < -0.4 is 4.72 Å². The molecule has 0 aliphatic carbocycles. The maximum atomic E-state index is 12.4. The van der Waals surface area contributed by atoms with Gasteiger partial charge in [-0.25, -0.2) is 8.42 Å². The number of rotatable bonds is 5. The van der Waals surface area contributed by atoms with Crippen LogP contribution >= 0.6 is 0 Å². The molecule has 2 aromatic carbocycles. The number of hydrogen-bond donors (Lipinski definition) is 1. The fourth-order valence-corrected chi connectivity index (χ4v) is 3.13. The first-order valence-electron chi connectivity index (χ1n) is 6.70. The zero-order chi connectivity index (χ0) is 16.3. The van der Waals surface area contributed by atoms with Gasteiger partial charge in [-0.1, -0.05) is 25.1 Å². The Morgan fingerprint density at radius 1 is 1.18 bits per heavy atom. The van der Waals surface area contributed by atoms with Crippen LogP contribution in [0, 0.1) is 17.0 Å². The van der Waals surface area contributed by atoms with Gasteiger partial charge < -0.3 is 0 Å². The molecule has 0 bridgehead atoms. The number of nitrogens with zero attached hydrogens (tertiary/aromatic N) is 1. The maximum Gasteiger partial charge on any atom is 0.270 e. The first-order chi connectivity index (χ1) is 10.3. The second-order valence-electron chi connectivity index (χ2n) is 4.86. The summed E-state index contributed by atoms with van der Waals surface area (Å²) in [6.45, 7) is 3.77. The van der Waals surface area contributed by atoms with E-state index in [2.05, 4.69) is 4.72 Å². The normalized spacial score (nSPS) is 11.2. The van der Waals surface area contributed by atoms with Gasteiger partial charge in [0, 0.05) is 12.1 Å². The molecule has 7 heteroatoms. The summed E-state index contributed by atoms with van der Waals surface area (Å²) in [6, 6.07) is 10.5. The lowest BCUT2D eigenvalue weighted by atomic mass is 10.1. The van der Waals surface area contributed by atoms with E-state index in [-0.39, 0.29) is 10.6 Å². The first kappa shape index (κ1) is 16.0. The van der Waals surface area contributed by atoms with Gasteiger partial charge in [-0.2, -0.15) is 0 Å². The van der Waals surface area contributed by atoms with Crippen LogP contribution in [0.2, 0.25) is 0 Å². The van der Waals surface area contributed by atoms with Crippen LogP contribution in [0.1, 0.15) is 18.1 Å². The Balaban J connectivity index is 2.40. The Morgan fingerprint density at radius 2 is 1.91 bits per heavy atom. The number of nitro groups is 1. The van der Waals surface area contributed by atoms with E-state index in [4.69, 9.17) is 0 Å². The average molecular weight is 320 g/mol. The predicted octanol–water partition coefficient (Wildman–Crippen LogP) is 3.27. The van der Waals surface area contributed by atoms with Crippen molar-refractivity contribution in [2.75, 3.05) is 4.72 Å². The molecule has 0 saturated carbocycles. The van der Waals surface area contributed by atoms with Gasteiger partial charge in [0.05, 0.1) is 15.5 Å². The van der Waals surface area contributed by atoms with Crippen molar-refractivity contribution in [1.29, 1.82) is 0 Å². The van der Waals surface area contributed by atoms with Crippen LogP contribution in [-0.2, 0) is 16.4 Å². The number of sulfonamides is 1. The molecule has 0 aliphatic heterocycles. The average Bonchev–Trinajstić information content (AvgIpc) is 2.49. The molecule has 0 aliphatic rings. The Bertz CT molecular complexity index is 816. The molecule has 2 aromatic rings. The molecule has 0 saturated heterocycles. The van der Waals surface area contributed by atoms with Crippen LogP contribution in [0.5, 0.6) is 0 Å². The fourth-order valence-electron chi connectivity index (χ4n) is 1.97. The van der Waals surface area contributed by atoms with Crippen LogP contribution in [0.4, 0.5) is 11.4 Å². The number of anilines is 1. The van der Waals surface area contributed by atoms with Crippen molar-refractivity contribution in [1.82, 2.24) is 0 Å². The van der Waals surface area contributed by atoms with Crippen molar-refractivity contribution in [2.45, 2.75) is 25.2 Å². The molecule has 1 N–H and O–H groups in total. The fraction of sp³-hybridized carbons (Fsp3) is 0.200. The van der Waals surface area contributed by atoms with Crippen LogP contribution in [0.15, 0.2) is 47.4 Å². The predicted molar refractivity (Wildman–Crippen MR) is 84.5 cm³/mol. The minimum absolute atomic E-state index is 0.136. The number of non-ortho nitro benzene ring substituents is 1. The van der Waals surface area contributed by atoms with Crippen LogP contribution in [0.3, 0.4) is 0 Å². The van der Waals surface area contributed by atoms with E-state index in [9.17, 15) is 18.5 Å². The van der Waals surface area contributed by atoms with E-state index >= 15 is 0 Å². The molecule has 0 radical (unpaired) electrons. The van der Waals surface area contributed by atoms with Gasteiger partial charge in [-0.3, -0.25) is 14.8 Å². The summed E-state index contributed by atoms with van der Waals surface area (Å²) in [6.07, 6.45) is 0.784. The van der Waals surface area contributed by atoms with E-state index in [1.54, 1.807) is 13.0 Å².